The van der Waals surface area contributed by atoms with Crippen LogP contribution in [0.2, 0.25) is 0 Å². The van der Waals surface area contributed by atoms with Gasteiger partial charge in [0, 0.05) is 10.7 Å². The number of hydrogen-bond donors (Lipinski definition) is 1. The molecule has 6 heteroatoms. The molecular weight excluding hydrogens is 366 g/mol. The van der Waals surface area contributed by atoms with Crippen molar-refractivity contribution in [1.29, 1.82) is 0 Å². The number of carboxylic acids is 1. The monoisotopic (exact) mass is 371 g/mol. The maximum atomic E-state index is 11.1. The molecule has 0 amide bonds. The minimum Gasteiger partial charge on any atom is -0.478 e. The molecule has 1 aromatic heterocycles. The molecule has 1 aromatic carbocycles. The highest BCUT2D eigenvalue weighted by molar-refractivity contribution is 9.10. The molecule has 92 valence electrons. The molecule has 0 saturated heterocycles. The fourth-order valence-electron chi connectivity index (χ4n) is 1.31. The lowest BCUT2D eigenvalue weighted by atomic mass is 10.2. The van der Waals surface area contributed by atoms with Crippen LogP contribution in [-0.4, -0.2) is 16.1 Å². The van der Waals surface area contributed by atoms with E-state index in [1.165, 1.54) is 6.07 Å². The summed E-state index contributed by atoms with van der Waals surface area (Å²) in [7, 11) is 0. The maximum Gasteiger partial charge on any atom is 0.339 e. The molecule has 0 aliphatic carbocycles. The molecular formula is C12H7Br2NO3. The van der Waals surface area contributed by atoms with Crippen LogP contribution < -0.4 is 4.74 Å². The molecule has 0 aliphatic heterocycles. The number of aromatic nitrogens is 1. The number of nitrogens with zero attached hydrogens (tertiary/aromatic N) is 1. The van der Waals surface area contributed by atoms with E-state index in [9.17, 15) is 4.79 Å². The smallest absolute Gasteiger partial charge is 0.339 e. The predicted molar refractivity (Wildman–Crippen MR) is 73.1 cm³/mol. The Morgan fingerprint density at radius 3 is 2.72 bits per heavy atom. The maximum absolute atomic E-state index is 11.1. The van der Waals surface area contributed by atoms with Crippen LogP contribution in [0.1, 0.15) is 10.4 Å². The van der Waals surface area contributed by atoms with Crippen LogP contribution >= 0.6 is 31.9 Å². The molecule has 0 radical (unpaired) electrons. The molecule has 0 bridgehead atoms. The van der Waals surface area contributed by atoms with Gasteiger partial charge in [0.15, 0.2) is 0 Å². The van der Waals surface area contributed by atoms with E-state index < -0.39 is 5.97 Å². The minimum absolute atomic E-state index is 0.0712. The number of halogens is 2. The van der Waals surface area contributed by atoms with Gasteiger partial charge in [-0.1, -0.05) is 15.9 Å². The van der Waals surface area contributed by atoms with E-state index in [1.807, 2.05) is 0 Å². The largest absolute Gasteiger partial charge is 0.478 e. The molecule has 4 nitrogen and oxygen atoms in total. The van der Waals surface area contributed by atoms with Gasteiger partial charge in [-0.2, -0.15) is 0 Å². The predicted octanol–water partition coefficient (Wildman–Crippen LogP) is 4.10. The Morgan fingerprint density at radius 2 is 2.06 bits per heavy atom. The second-order valence-corrected chi connectivity index (χ2v) is 5.11. The summed E-state index contributed by atoms with van der Waals surface area (Å²) in [6.45, 7) is 0. The van der Waals surface area contributed by atoms with Crippen molar-refractivity contribution in [3.05, 3.63) is 51.0 Å². The van der Waals surface area contributed by atoms with E-state index in [0.29, 0.717) is 14.8 Å². The van der Waals surface area contributed by atoms with Crippen molar-refractivity contribution in [2.75, 3.05) is 0 Å². The highest BCUT2D eigenvalue weighted by atomic mass is 79.9. The Balaban J connectivity index is 2.41. The van der Waals surface area contributed by atoms with E-state index in [-0.39, 0.29) is 11.3 Å². The van der Waals surface area contributed by atoms with Crippen LogP contribution in [-0.2, 0) is 0 Å². The van der Waals surface area contributed by atoms with Gasteiger partial charge in [-0.25, -0.2) is 9.78 Å². The third-order valence-corrected chi connectivity index (χ3v) is 3.20. The first-order valence-electron chi connectivity index (χ1n) is 4.89. The summed E-state index contributed by atoms with van der Waals surface area (Å²) >= 11 is 6.51. The van der Waals surface area contributed by atoms with Gasteiger partial charge in [0.25, 0.3) is 0 Å². The minimum atomic E-state index is -1.06. The Bertz CT molecular complexity index is 602. The average molecular weight is 373 g/mol. The Labute approximate surface area is 120 Å². The van der Waals surface area contributed by atoms with Crippen LogP contribution in [0, 0.1) is 0 Å². The van der Waals surface area contributed by atoms with Gasteiger partial charge in [-0.05, 0) is 46.3 Å². The van der Waals surface area contributed by atoms with Gasteiger partial charge in [-0.15, -0.1) is 0 Å². The molecule has 0 unspecified atom stereocenters. The van der Waals surface area contributed by atoms with Crippen molar-refractivity contribution in [2.45, 2.75) is 0 Å². The standard InChI is InChI=1S/C12H7Br2NO3/c13-7-3-4-10(8(6-7)12(16)17)18-11-9(14)2-1-5-15-11/h1-6H,(H,16,17). The zero-order chi connectivity index (χ0) is 13.1. The van der Waals surface area contributed by atoms with Gasteiger partial charge >= 0.3 is 5.97 Å². The van der Waals surface area contributed by atoms with Crippen LogP contribution in [0.4, 0.5) is 0 Å². The lowest BCUT2D eigenvalue weighted by molar-refractivity contribution is 0.0694. The average Bonchev–Trinajstić information content (AvgIpc) is 2.34. The molecule has 1 heterocycles. The van der Waals surface area contributed by atoms with Crippen LogP contribution in [0.15, 0.2) is 45.5 Å². The number of carbonyl (C=O) groups is 1. The van der Waals surface area contributed by atoms with Crippen molar-refractivity contribution < 1.29 is 14.6 Å². The summed E-state index contributed by atoms with van der Waals surface area (Å²) < 4.78 is 6.83. The first kappa shape index (κ1) is 13.0. The summed E-state index contributed by atoms with van der Waals surface area (Å²) in [6, 6.07) is 8.28. The Morgan fingerprint density at radius 1 is 1.28 bits per heavy atom. The van der Waals surface area contributed by atoms with Gasteiger partial charge in [0.05, 0.1) is 4.47 Å². The van der Waals surface area contributed by atoms with Gasteiger partial charge in [-0.3, -0.25) is 0 Å². The molecule has 2 rings (SSSR count). The first-order chi connectivity index (χ1) is 8.58. The van der Waals surface area contributed by atoms with Crippen molar-refractivity contribution in [1.82, 2.24) is 4.98 Å². The summed E-state index contributed by atoms with van der Waals surface area (Å²) in [4.78, 5) is 15.1. The third kappa shape index (κ3) is 2.88. The number of ether oxygens (including phenoxy) is 1. The summed E-state index contributed by atoms with van der Waals surface area (Å²) in [5.41, 5.74) is 0.0712. The van der Waals surface area contributed by atoms with Gasteiger partial charge in [0.2, 0.25) is 5.88 Å². The van der Waals surface area contributed by atoms with Gasteiger partial charge < -0.3 is 9.84 Å². The number of aromatic carboxylic acids is 1. The van der Waals surface area contributed by atoms with Crippen molar-refractivity contribution >= 4 is 37.8 Å². The summed E-state index contributed by atoms with van der Waals surface area (Å²) in [5, 5.41) is 9.10. The molecule has 0 aliphatic rings. The lowest BCUT2D eigenvalue weighted by Crippen LogP contribution is -2.00. The quantitative estimate of drug-likeness (QED) is 0.881. The lowest BCUT2D eigenvalue weighted by Gasteiger charge is -2.09. The number of hydrogen-bond acceptors (Lipinski definition) is 3. The van der Waals surface area contributed by atoms with Crippen LogP contribution in [0.25, 0.3) is 0 Å². The highest BCUT2D eigenvalue weighted by Gasteiger charge is 2.14. The zero-order valence-corrected chi connectivity index (χ0v) is 12.1. The fraction of sp³-hybridized carbons (Fsp3) is 0. The molecule has 2 aromatic rings. The zero-order valence-electron chi connectivity index (χ0n) is 8.93. The third-order valence-electron chi connectivity index (χ3n) is 2.10. The molecule has 0 spiro atoms. The highest BCUT2D eigenvalue weighted by Crippen LogP contribution is 2.30. The molecule has 1 N–H and O–H groups in total. The normalized spacial score (nSPS) is 10.1. The first-order valence-corrected chi connectivity index (χ1v) is 6.48. The summed E-state index contributed by atoms with van der Waals surface area (Å²) in [5.74, 6) is -0.495. The second kappa shape index (κ2) is 5.49. The molecule has 0 fully saturated rings. The Kier molecular flexibility index (Phi) is 3.98. The second-order valence-electron chi connectivity index (χ2n) is 3.34. The van der Waals surface area contributed by atoms with Crippen molar-refractivity contribution in [2.24, 2.45) is 0 Å². The van der Waals surface area contributed by atoms with Crippen LogP contribution in [0.5, 0.6) is 11.6 Å². The number of rotatable bonds is 3. The van der Waals surface area contributed by atoms with E-state index in [0.717, 1.165) is 0 Å². The fourth-order valence-corrected chi connectivity index (χ4v) is 2.01. The van der Waals surface area contributed by atoms with E-state index in [4.69, 9.17) is 9.84 Å². The number of carboxylic acid groups (broad SMARTS) is 1. The van der Waals surface area contributed by atoms with E-state index in [2.05, 4.69) is 36.8 Å². The molecule has 0 atom stereocenters. The van der Waals surface area contributed by atoms with Crippen molar-refractivity contribution in [3.63, 3.8) is 0 Å². The van der Waals surface area contributed by atoms with Gasteiger partial charge in [0.1, 0.15) is 11.3 Å². The number of pyridine rings is 1. The SMILES string of the molecule is O=C(O)c1cc(Br)ccc1Oc1ncccc1Br. The number of benzene rings is 1. The van der Waals surface area contributed by atoms with E-state index in [1.54, 1.807) is 30.5 Å². The summed E-state index contributed by atoms with van der Waals surface area (Å²) in [6.07, 6.45) is 1.57. The molecule has 18 heavy (non-hydrogen) atoms. The topological polar surface area (TPSA) is 59.4 Å². The van der Waals surface area contributed by atoms with Crippen molar-refractivity contribution in [3.8, 4) is 11.6 Å². The Hall–Kier alpha value is -1.40. The van der Waals surface area contributed by atoms with E-state index >= 15 is 0 Å². The van der Waals surface area contributed by atoms with Crippen LogP contribution in [0.3, 0.4) is 0 Å². The molecule has 0 saturated carbocycles.